The van der Waals surface area contributed by atoms with Gasteiger partial charge in [0.2, 0.25) is 11.8 Å². The Hall–Kier alpha value is -3.75. The number of piperidine rings is 2. The van der Waals surface area contributed by atoms with Crippen molar-refractivity contribution in [3.8, 4) is 12.8 Å². The van der Waals surface area contributed by atoms with E-state index in [1.54, 1.807) is 12.1 Å². The van der Waals surface area contributed by atoms with Crippen LogP contribution in [0, 0.1) is 18.8 Å². The van der Waals surface area contributed by atoms with Crippen LogP contribution in [0.2, 0.25) is 0 Å². The lowest BCUT2D eigenvalue weighted by Gasteiger charge is -2.39. The van der Waals surface area contributed by atoms with E-state index < -0.39 is 35.6 Å². The number of carbonyl (C=O) groups is 5. The highest BCUT2D eigenvalue weighted by molar-refractivity contribution is 6.23. The van der Waals surface area contributed by atoms with Crippen LogP contribution in [-0.2, 0) is 14.4 Å². The molecule has 3 saturated heterocycles. The number of carboxylic acids is 1. The number of carbonyl (C=O) groups excluding carboxylic acids is 4. The van der Waals surface area contributed by atoms with Gasteiger partial charge in [-0.2, -0.15) is 0 Å². The van der Waals surface area contributed by atoms with Crippen molar-refractivity contribution in [1.29, 1.82) is 0 Å². The van der Waals surface area contributed by atoms with E-state index >= 15 is 0 Å². The van der Waals surface area contributed by atoms with E-state index in [-0.39, 0.29) is 19.4 Å². The zero-order chi connectivity index (χ0) is 27.4. The Balaban J connectivity index is 0.00000164. The highest BCUT2D eigenvalue weighted by Gasteiger charge is 2.44. The largest absolute Gasteiger partial charge is 0.480 e. The number of benzene rings is 1. The van der Waals surface area contributed by atoms with Crippen molar-refractivity contribution in [2.24, 2.45) is 5.92 Å². The van der Waals surface area contributed by atoms with E-state index in [1.807, 2.05) is 11.0 Å². The number of rotatable bonds is 6. The smallest absolute Gasteiger partial charge is 0.317 e. The summed E-state index contributed by atoms with van der Waals surface area (Å²) in [7, 11) is 0. The fourth-order valence-corrected chi connectivity index (χ4v) is 5.73. The summed E-state index contributed by atoms with van der Waals surface area (Å²) in [5, 5.41) is 11.2. The predicted molar refractivity (Wildman–Crippen MR) is 138 cm³/mol. The van der Waals surface area contributed by atoms with Crippen molar-refractivity contribution in [2.75, 3.05) is 57.3 Å². The van der Waals surface area contributed by atoms with Crippen molar-refractivity contribution in [1.82, 2.24) is 20.0 Å². The van der Waals surface area contributed by atoms with Crippen molar-refractivity contribution >= 4 is 35.3 Å². The zero-order valence-electron chi connectivity index (χ0n) is 21.3. The Morgan fingerprint density at radius 3 is 2.18 bits per heavy atom. The van der Waals surface area contributed by atoms with E-state index in [0.717, 1.165) is 69.2 Å². The summed E-state index contributed by atoms with van der Waals surface area (Å²) in [5.41, 5.74) is 1.47. The van der Waals surface area contributed by atoms with Gasteiger partial charge in [-0.05, 0) is 56.5 Å². The zero-order valence-corrected chi connectivity index (χ0v) is 21.3. The second-order valence-corrected chi connectivity index (χ2v) is 10.1. The van der Waals surface area contributed by atoms with Gasteiger partial charge in [0.05, 0.1) is 17.7 Å². The number of terminal acetylenes is 1. The third kappa shape index (κ3) is 5.71. The highest BCUT2D eigenvalue weighted by atomic mass is 16.4. The first kappa shape index (κ1) is 27.3. The molecule has 11 nitrogen and oxygen atoms in total. The maximum atomic E-state index is 13.1. The summed E-state index contributed by atoms with van der Waals surface area (Å²) in [6.07, 6.45) is 10.3. The Morgan fingerprint density at radius 1 is 0.895 bits per heavy atom. The van der Waals surface area contributed by atoms with Gasteiger partial charge in [-0.25, -0.2) is 0 Å². The molecule has 5 rings (SSSR count). The van der Waals surface area contributed by atoms with Crippen LogP contribution in [-0.4, -0.2) is 108 Å². The van der Waals surface area contributed by atoms with Crippen molar-refractivity contribution in [3.63, 3.8) is 0 Å². The molecule has 0 spiro atoms. The topological polar surface area (TPSA) is 131 Å². The van der Waals surface area contributed by atoms with E-state index in [2.05, 4.69) is 28.0 Å². The number of piperazine rings is 1. The van der Waals surface area contributed by atoms with Crippen LogP contribution in [0.4, 0.5) is 5.69 Å². The molecule has 11 heteroatoms. The Labute approximate surface area is 221 Å². The number of nitrogens with one attached hydrogen (secondary N) is 1. The van der Waals surface area contributed by atoms with Gasteiger partial charge < -0.3 is 10.0 Å². The molecule has 4 amide bonds. The monoisotopic (exact) mass is 523 g/mol. The van der Waals surface area contributed by atoms with E-state index in [1.165, 1.54) is 0 Å². The second kappa shape index (κ2) is 11.8. The molecule has 0 aromatic heterocycles. The normalized spacial score (nSPS) is 23.1. The third-order valence-corrected chi connectivity index (χ3v) is 7.74. The molecule has 202 valence electrons. The molecule has 1 atom stereocenters. The van der Waals surface area contributed by atoms with Crippen molar-refractivity contribution < 1.29 is 29.1 Å². The van der Waals surface area contributed by atoms with E-state index in [4.69, 9.17) is 5.11 Å². The number of anilines is 1. The van der Waals surface area contributed by atoms with Gasteiger partial charge in [0.25, 0.3) is 11.8 Å². The molecule has 4 aliphatic heterocycles. The van der Waals surface area contributed by atoms with Crippen LogP contribution in [0.25, 0.3) is 0 Å². The number of nitrogens with zero attached hydrogens (tertiary/aromatic N) is 4. The van der Waals surface area contributed by atoms with Gasteiger partial charge in [-0.3, -0.25) is 44.0 Å². The lowest BCUT2D eigenvalue weighted by molar-refractivity contribution is -0.139. The number of imide groups is 2. The van der Waals surface area contributed by atoms with Gasteiger partial charge in [0, 0.05) is 44.8 Å². The molecular formula is C27H33N5O6. The molecule has 1 unspecified atom stereocenters. The van der Waals surface area contributed by atoms with Gasteiger partial charge in [-0.1, -0.05) is 0 Å². The molecule has 4 aliphatic rings. The SMILES string of the molecule is C#C.O=C(O)CN1CCC(CN2CCN(c3ccc4c(c3)C(=O)N(C3CCC(=O)NC3=O)C4=O)CC2)CC1. The van der Waals surface area contributed by atoms with Crippen LogP contribution < -0.4 is 10.2 Å². The third-order valence-electron chi connectivity index (χ3n) is 7.74. The molecule has 0 saturated carbocycles. The summed E-state index contributed by atoms with van der Waals surface area (Å²) in [6, 6.07) is 4.30. The molecular weight excluding hydrogens is 490 g/mol. The van der Waals surface area contributed by atoms with Crippen molar-refractivity contribution in [3.05, 3.63) is 29.3 Å². The number of hydrogen-bond acceptors (Lipinski definition) is 8. The number of fused-ring (bicyclic) bond motifs is 1. The number of aliphatic carboxylic acids is 1. The Bertz CT molecular complexity index is 1130. The van der Waals surface area contributed by atoms with Crippen molar-refractivity contribution in [2.45, 2.75) is 31.7 Å². The minimum Gasteiger partial charge on any atom is -0.480 e. The lowest BCUT2D eigenvalue weighted by Crippen LogP contribution is -2.54. The average molecular weight is 524 g/mol. The van der Waals surface area contributed by atoms with Gasteiger partial charge in [-0.15, -0.1) is 12.8 Å². The molecule has 0 aliphatic carbocycles. The van der Waals surface area contributed by atoms with Gasteiger partial charge in [0.15, 0.2) is 0 Å². The van der Waals surface area contributed by atoms with Crippen LogP contribution >= 0.6 is 0 Å². The lowest BCUT2D eigenvalue weighted by atomic mass is 9.96. The molecule has 4 heterocycles. The van der Waals surface area contributed by atoms with E-state index in [9.17, 15) is 24.0 Å². The maximum absolute atomic E-state index is 13.1. The molecule has 1 aromatic carbocycles. The number of carboxylic acid groups (broad SMARTS) is 1. The maximum Gasteiger partial charge on any atom is 0.317 e. The first-order valence-corrected chi connectivity index (χ1v) is 12.9. The van der Waals surface area contributed by atoms with Gasteiger partial charge >= 0.3 is 5.97 Å². The molecule has 0 radical (unpaired) electrons. The molecule has 3 fully saturated rings. The standard InChI is InChI=1S/C25H31N5O6.C2H2/c31-21-4-3-20(23(34)26-21)30-24(35)18-2-1-17(13-19(18)25(30)36)29-11-9-28(10-12-29)14-16-5-7-27(8-6-16)15-22(32)33;1-2/h1-2,13,16,20H,3-12,14-15H2,(H,32,33)(H,26,31,34);1-2H. The van der Waals surface area contributed by atoms with E-state index in [0.29, 0.717) is 17.0 Å². The fourth-order valence-electron chi connectivity index (χ4n) is 5.73. The molecule has 2 N–H and O–H groups in total. The first-order valence-electron chi connectivity index (χ1n) is 12.9. The van der Waals surface area contributed by atoms with Crippen LogP contribution in [0.3, 0.4) is 0 Å². The Morgan fingerprint density at radius 2 is 1.55 bits per heavy atom. The van der Waals surface area contributed by atoms with Crippen LogP contribution in [0.5, 0.6) is 0 Å². The average Bonchev–Trinajstić information content (AvgIpc) is 3.16. The van der Waals surface area contributed by atoms with Gasteiger partial charge in [0.1, 0.15) is 6.04 Å². The van der Waals surface area contributed by atoms with Crippen LogP contribution in [0.1, 0.15) is 46.4 Å². The number of hydrogen-bond donors (Lipinski definition) is 2. The number of amides is 4. The minimum absolute atomic E-state index is 0.0980. The first-order chi connectivity index (χ1) is 18.3. The summed E-state index contributed by atoms with van der Waals surface area (Å²) in [6.45, 7) is 6.16. The minimum atomic E-state index is -0.960. The summed E-state index contributed by atoms with van der Waals surface area (Å²) in [5.74, 6) is -2.17. The fraction of sp³-hybridized carbons (Fsp3) is 0.519. The molecule has 38 heavy (non-hydrogen) atoms. The summed E-state index contributed by atoms with van der Waals surface area (Å²) in [4.78, 5) is 68.3. The van der Waals surface area contributed by atoms with Crippen LogP contribution in [0.15, 0.2) is 18.2 Å². The second-order valence-electron chi connectivity index (χ2n) is 10.1. The Kier molecular flexibility index (Phi) is 8.44. The summed E-state index contributed by atoms with van der Waals surface area (Å²) < 4.78 is 0. The quantitative estimate of drug-likeness (QED) is 0.398. The molecule has 0 bridgehead atoms. The molecule has 1 aromatic rings. The predicted octanol–water partition coefficient (Wildman–Crippen LogP) is 0.256. The summed E-state index contributed by atoms with van der Waals surface area (Å²) >= 11 is 0. The highest BCUT2D eigenvalue weighted by Crippen LogP contribution is 2.31. The number of likely N-dealkylation sites (tertiary alicyclic amines) is 1.